The second kappa shape index (κ2) is 3.02. The standard InChI is InChI=1S/C8H15N/c1-3-4-5-9-6-8(2)7-9/h3-4,8H,5-7H2,1-2H3/b4-3+. The summed E-state index contributed by atoms with van der Waals surface area (Å²) in [5.41, 5.74) is 0. The van der Waals surface area contributed by atoms with Crippen LogP contribution >= 0.6 is 0 Å². The van der Waals surface area contributed by atoms with Crippen LogP contribution in [-0.2, 0) is 0 Å². The number of allylic oxidation sites excluding steroid dienone is 1. The molecular weight excluding hydrogens is 110 g/mol. The zero-order chi connectivity index (χ0) is 6.69. The van der Waals surface area contributed by atoms with Gasteiger partial charge in [-0.3, -0.25) is 4.90 Å². The predicted molar refractivity (Wildman–Crippen MR) is 40.4 cm³/mol. The van der Waals surface area contributed by atoms with Gasteiger partial charge in [-0.05, 0) is 12.8 Å². The molecule has 1 aliphatic heterocycles. The van der Waals surface area contributed by atoms with E-state index in [-0.39, 0.29) is 0 Å². The van der Waals surface area contributed by atoms with E-state index in [0.717, 1.165) is 12.5 Å². The summed E-state index contributed by atoms with van der Waals surface area (Å²) in [5, 5.41) is 0. The first-order chi connectivity index (χ1) is 4.33. The quantitative estimate of drug-likeness (QED) is 0.506. The smallest absolute Gasteiger partial charge is 0.0163 e. The van der Waals surface area contributed by atoms with Crippen molar-refractivity contribution < 1.29 is 0 Å². The Bertz CT molecular complexity index is 101. The van der Waals surface area contributed by atoms with E-state index in [9.17, 15) is 0 Å². The van der Waals surface area contributed by atoms with Crippen molar-refractivity contribution >= 4 is 0 Å². The van der Waals surface area contributed by atoms with Crippen LogP contribution in [0.2, 0.25) is 0 Å². The average Bonchev–Trinajstić information content (AvgIpc) is 1.78. The van der Waals surface area contributed by atoms with Crippen molar-refractivity contribution in [2.24, 2.45) is 5.92 Å². The zero-order valence-corrected chi connectivity index (χ0v) is 6.30. The molecule has 0 atom stereocenters. The van der Waals surface area contributed by atoms with Gasteiger partial charge in [0.25, 0.3) is 0 Å². The van der Waals surface area contributed by atoms with Crippen LogP contribution in [0.25, 0.3) is 0 Å². The van der Waals surface area contributed by atoms with Crippen LogP contribution in [0.3, 0.4) is 0 Å². The first-order valence-electron chi connectivity index (χ1n) is 3.66. The van der Waals surface area contributed by atoms with Gasteiger partial charge in [-0.25, -0.2) is 0 Å². The van der Waals surface area contributed by atoms with Crippen molar-refractivity contribution in [1.82, 2.24) is 4.90 Å². The molecule has 0 radical (unpaired) electrons. The highest BCUT2D eigenvalue weighted by atomic mass is 15.2. The number of nitrogens with zero attached hydrogens (tertiary/aromatic N) is 1. The molecule has 0 N–H and O–H groups in total. The molecule has 1 aliphatic rings. The Hall–Kier alpha value is -0.300. The van der Waals surface area contributed by atoms with Crippen LogP contribution in [0, 0.1) is 5.92 Å². The van der Waals surface area contributed by atoms with E-state index >= 15 is 0 Å². The Balaban J connectivity index is 2.04. The van der Waals surface area contributed by atoms with Gasteiger partial charge < -0.3 is 0 Å². The molecule has 0 aromatic carbocycles. The Kier molecular flexibility index (Phi) is 2.29. The lowest BCUT2D eigenvalue weighted by molar-refractivity contribution is 0.129. The summed E-state index contributed by atoms with van der Waals surface area (Å²) in [6.07, 6.45) is 4.33. The van der Waals surface area contributed by atoms with Gasteiger partial charge in [0.1, 0.15) is 0 Å². The lowest BCUT2D eigenvalue weighted by Crippen LogP contribution is -2.44. The largest absolute Gasteiger partial charge is 0.299 e. The summed E-state index contributed by atoms with van der Waals surface area (Å²) in [7, 11) is 0. The third-order valence-electron chi connectivity index (χ3n) is 1.74. The van der Waals surface area contributed by atoms with Crippen LogP contribution in [-0.4, -0.2) is 24.5 Å². The van der Waals surface area contributed by atoms with E-state index in [1.807, 2.05) is 0 Å². The normalized spacial score (nSPS) is 22.9. The van der Waals surface area contributed by atoms with Crippen LogP contribution in [0.15, 0.2) is 12.2 Å². The predicted octanol–water partition coefficient (Wildman–Crippen LogP) is 1.51. The highest BCUT2D eigenvalue weighted by Gasteiger charge is 2.19. The number of rotatable bonds is 2. The van der Waals surface area contributed by atoms with E-state index in [2.05, 4.69) is 30.9 Å². The van der Waals surface area contributed by atoms with Gasteiger partial charge in [0.05, 0.1) is 0 Å². The van der Waals surface area contributed by atoms with Crippen molar-refractivity contribution in [3.63, 3.8) is 0 Å². The molecule has 9 heavy (non-hydrogen) atoms. The topological polar surface area (TPSA) is 3.24 Å². The van der Waals surface area contributed by atoms with Gasteiger partial charge in [-0.2, -0.15) is 0 Å². The van der Waals surface area contributed by atoms with E-state index < -0.39 is 0 Å². The lowest BCUT2D eigenvalue weighted by Gasteiger charge is -2.36. The van der Waals surface area contributed by atoms with Crippen LogP contribution < -0.4 is 0 Å². The molecule has 0 unspecified atom stereocenters. The molecule has 1 rings (SSSR count). The molecule has 0 aromatic rings. The minimum absolute atomic E-state index is 0.940. The second-order valence-corrected chi connectivity index (χ2v) is 2.89. The molecule has 1 saturated heterocycles. The van der Waals surface area contributed by atoms with Crippen molar-refractivity contribution in [3.05, 3.63) is 12.2 Å². The fourth-order valence-corrected chi connectivity index (χ4v) is 1.23. The van der Waals surface area contributed by atoms with E-state index in [4.69, 9.17) is 0 Å². The fourth-order valence-electron chi connectivity index (χ4n) is 1.23. The third kappa shape index (κ3) is 1.83. The van der Waals surface area contributed by atoms with Crippen LogP contribution in [0.4, 0.5) is 0 Å². The van der Waals surface area contributed by atoms with Gasteiger partial charge in [0.2, 0.25) is 0 Å². The minimum atomic E-state index is 0.940. The van der Waals surface area contributed by atoms with Crippen LogP contribution in [0.5, 0.6) is 0 Å². The maximum Gasteiger partial charge on any atom is 0.0163 e. The Morgan fingerprint density at radius 1 is 1.56 bits per heavy atom. The number of likely N-dealkylation sites (tertiary alicyclic amines) is 1. The average molecular weight is 125 g/mol. The summed E-state index contributed by atoms with van der Waals surface area (Å²) in [6.45, 7) is 8.12. The minimum Gasteiger partial charge on any atom is -0.299 e. The van der Waals surface area contributed by atoms with Gasteiger partial charge in [0.15, 0.2) is 0 Å². The Labute approximate surface area is 57.4 Å². The molecule has 0 aromatic heterocycles. The molecule has 1 heteroatoms. The third-order valence-corrected chi connectivity index (χ3v) is 1.74. The molecule has 1 nitrogen and oxygen atoms in total. The highest BCUT2D eigenvalue weighted by Crippen LogP contribution is 2.12. The molecule has 0 spiro atoms. The first-order valence-corrected chi connectivity index (χ1v) is 3.66. The Morgan fingerprint density at radius 2 is 2.22 bits per heavy atom. The zero-order valence-electron chi connectivity index (χ0n) is 6.30. The van der Waals surface area contributed by atoms with Crippen molar-refractivity contribution in [2.75, 3.05) is 19.6 Å². The van der Waals surface area contributed by atoms with Gasteiger partial charge in [0, 0.05) is 19.6 Å². The van der Waals surface area contributed by atoms with E-state index in [1.54, 1.807) is 0 Å². The summed E-state index contributed by atoms with van der Waals surface area (Å²) in [5.74, 6) is 0.940. The lowest BCUT2D eigenvalue weighted by atomic mass is 10.0. The Morgan fingerprint density at radius 3 is 2.67 bits per heavy atom. The van der Waals surface area contributed by atoms with Crippen molar-refractivity contribution in [3.8, 4) is 0 Å². The molecular formula is C8H15N. The highest BCUT2D eigenvalue weighted by molar-refractivity contribution is 4.86. The van der Waals surface area contributed by atoms with Gasteiger partial charge in [-0.15, -0.1) is 0 Å². The molecule has 0 bridgehead atoms. The molecule has 0 aliphatic carbocycles. The number of hydrogen-bond donors (Lipinski definition) is 0. The van der Waals surface area contributed by atoms with Crippen molar-refractivity contribution in [2.45, 2.75) is 13.8 Å². The van der Waals surface area contributed by atoms with Gasteiger partial charge in [-0.1, -0.05) is 19.1 Å². The molecule has 52 valence electrons. The van der Waals surface area contributed by atoms with E-state index in [1.165, 1.54) is 13.1 Å². The molecule has 1 fully saturated rings. The summed E-state index contributed by atoms with van der Waals surface area (Å²) in [6, 6.07) is 0. The molecule has 0 saturated carbocycles. The monoisotopic (exact) mass is 125 g/mol. The van der Waals surface area contributed by atoms with Gasteiger partial charge >= 0.3 is 0 Å². The fraction of sp³-hybridized carbons (Fsp3) is 0.750. The second-order valence-electron chi connectivity index (χ2n) is 2.89. The first kappa shape index (κ1) is 6.81. The summed E-state index contributed by atoms with van der Waals surface area (Å²) in [4.78, 5) is 2.45. The maximum absolute atomic E-state index is 2.45. The summed E-state index contributed by atoms with van der Waals surface area (Å²) < 4.78 is 0. The summed E-state index contributed by atoms with van der Waals surface area (Å²) >= 11 is 0. The molecule has 1 heterocycles. The van der Waals surface area contributed by atoms with E-state index in [0.29, 0.717) is 0 Å². The number of hydrogen-bond acceptors (Lipinski definition) is 1. The maximum atomic E-state index is 2.45. The SMILES string of the molecule is C/C=C/CN1CC(C)C1. The van der Waals surface area contributed by atoms with Crippen molar-refractivity contribution in [1.29, 1.82) is 0 Å². The molecule has 0 amide bonds. The van der Waals surface area contributed by atoms with Crippen LogP contribution in [0.1, 0.15) is 13.8 Å².